The van der Waals surface area contributed by atoms with Crippen LogP contribution in [0.15, 0.2) is 21.1 Å². The van der Waals surface area contributed by atoms with Crippen molar-refractivity contribution < 1.29 is 0 Å². The number of nitrogens with two attached hydrogens (primary N) is 1. The minimum absolute atomic E-state index is 0. The minimum Gasteiger partial charge on any atom is -0.271 e. The van der Waals surface area contributed by atoms with Crippen molar-refractivity contribution >= 4 is 44.3 Å². The molecule has 74 valence electrons. The van der Waals surface area contributed by atoms with Gasteiger partial charge in [-0.3, -0.25) is 11.3 Å². The number of rotatable bonds is 2. The molecule has 1 rings (SSSR count). The third-order valence-electron chi connectivity index (χ3n) is 1.65. The normalized spacial score (nSPS) is 9.54. The van der Waals surface area contributed by atoms with Crippen LogP contribution in [-0.4, -0.2) is 0 Å². The molecule has 13 heavy (non-hydrogen) atoms. The summed E-state index contributed by atoms with van der Waals surface area (Å²) in [5, 5.41) is 0. The van der Waals surface area contributed by atoms with E-state index in [-0.39, 0.29) is 12.4 Å². The molecule has 0 saturated carbocycles. The van der Waals surface area contributed by atoms with Crippen LogP contribution in [0.1, 0.15) is 11.1 Å². The largest absolute Gasteiger partial charge is 0.271 e. The quantitative estimate of drug-likeness (QED) is 0.646. The maximum Gasteiger partial charge on any atom is 0.0349 e. The average molecular weight is 330 g/mol. The molecule has 0 saturated heterocycles. The summed E-state index contributed by atoms with van der Waals surface area (Å²) in [5.41, 5.74) is 4.98. The van der Waals surface area contributed by atoms with Gasteiger partial charge in [0.1, 0.15) is 0 Å². The van der Waals surface area contributed by atoms with E-state index in [0.29, 0.717) is 6.54 Å². The van der Waals surface area contributed by atoms with Gasteiger partial charge in [-0.25, -0.2) is 0 Å². The van der Waals surface area contributed by atoms with Crippen LogP contribution in [0.25, 0.3) is 0 Å². The number of hydrazine groups is 1. The van der Waals surface area contributed by atoms with E-state index in [9.17, 15) is 0 Å². The summed E-state index contributed by atoms with van der Waals surface area (Å²) in [7, 11) is 0. The van der Waals surface area contributed by atoms with Crippen LogP contribution < -0.4 is 11.3 Å². The van der Waals surface area contributed by atoms with Gasteiger partial charge in [0, 0.05) is 15.5 Å². The summed E-state index contributed by atoms with van der Waals surface area (Å²) in [6, 6.07) is 4.11. The van der Waals surface area contributed by atoms with E-state index < -0.39 is 0 Å². The Bertz CT molecular complexity index is 268. The van der Waals surface area contributed by atoms with Crippen LogP contribution in [0.3, 0.4) is 0 Å². The molecule has 0 unspecified atom stereocenters. The second-order valence-corrected chi connectivity index (χ2v) is 4.27. The van der Waals surface area contributed by atoms with E-state index in [1.54, 1.807) is 0 Å². The van der Waals surface area contributed by atoms with E-state index in [1.807, 2.05) is 6.92 Å². The molecule has 0 bridgehead atoms. The highest BCUT2D eigenvalue weighted by molar-refractivity contribution is 9.11. The molecule has 1 aromatic carbocycles. The maximum absolute atomic E-state index is 5.22. The molecule has 0 fully saturated rings. The lowest BCUT2D eigenvalue weighted by atomic mass is 10.1. The van der Waals surface area contributed by atoms with Gasteiger partial charge in [0.05, 0.1) is 0 Å². The van der Waals surface area contributed by atoms with Gasteiger partial charge in [-0.1, -0.05) is 31.9 Å². The molecule has 0 atom stereocenters. The first-order chi connectivity index (χ1) is 5.65. The predicted molar refractivity (Wildman–Crippen MR) is 64.9 cm³/mol. The van der Waals surface area contributed by atoms with Crippen molar-refractivity contribution in [3.05, 3.63) is 32.2 Å². The van der Waals surface area contributed by atoms with Crippen molar-refractivity contribution in [3.63, 3.8) is 0 Å². The Morgan fingerprint density at radius 2 is 1.77 bits per heavy atom. The third-order valence-corrected chi connectivity index (χ3v) is 3.29. The van der Waals surface area contributed by atoms with Crippen molar-refractivity contribution in [1.29, 1.82) is 0 Å². The van der Waals surface area contributed by atoms with Crippen molar-refractivity contribution in [2.75, 3.05) is 0 Å². The Labute approximate surface area is 101 Å². The van der Waals surface area contributed by atoms with Gasteiger partial charge >= 0.3 is 0 Å². The fourth-order valence-electron chi connectivity index (χ4n) is 0.918. The summed E-state index contributed by atoms with van der Waals surface area (Å²) in [6.07, 6.45) is 0. The molecule has 0 aliphatic rings. The number of halogens is 3. The number of hydrogen-bond donors (Lipinski definition) is 2. The lowest BCUT2D eigenvalue weighted by Gasteiger charge is -2.05. The van der Waals surface area contributed by atoms with E-state index in [2.05, 4.69) is 49.4 Å². The Morgan fingerprint density at radius 3 is 2.15 bits per heavy atom. The molecule has 0 radical (unpaired) electrons. The van der Waals surface area contributed by atoms with Crippen LogP contribution >= 0.6 is 44.3 Å². The SMILES string of the molecule is Cc1c(Br)cc(CNN)cc1Br.Cl. The van der Waals surface area contributed by atoms with E-state index in [4.69, 9.17) is 5.84 Å². The smallest absolute Gasteiger partial charge is 0.0349 e. The Hall–Kier alpha value is 0.390. The second-order valence-electron chi connectivity index (χ2n) is 2.57. The number of benzene rings is 1. The zero-order chi connectivity index (χ0) is 9.14. The Morgan fingerprint density at radius 1 is 1.31 bits per heavy atom. The average Bonchev–Trinajstić information content (AvgIpc) is 2.01. The Balaban J connectivity index is 0.00000144. The van der Waals surface area contributed by atoms with Gasteiger partial charge < -0.3 is 0 Å². The lowest BCUT2D eigenvalue weighted by molar-refractivity contribution is 0.740. The summed E-state index contributed by atoms with van der Waals surface area (Å²) >= 11 is 6.94. The van der Waals surface area contributed by atoms with Gasteiger partial charge in [0.15, 0.2) is 0 Å². The number of hydrogen-bond acceptors (Lipinski definition) is 2. The van der Waals surface area contributed by atoms with Gasteiger partial charge in [-0.2, -0.15) is 0 Å². The van der Waals surface area contributed by atoms with Gasteiger partial charge in [0.2, 0.25) is 0 Å². The molecule has 3 N–H and O–H groups in total. The van der Waals surface area contributed by atoms with E-state index in [0.717, 1.165) is 14.5 Å². The standard InChI is InChI=1S/C8H10Br2N2.ClH/c1-5-7(9)2-6(4-12-11)3-8(5)10;/h2-3,12H,4,11H2,1H3;1H. The molecular weight excluding hydrogens is 319 g/mol. The molecule has 0 heterocycles. The molecular formula is C8H11Br2ClN2. The van der Waals surface area contributed by atoms with E-state index >= 15 is 0 Å². The predicted octanol–water partition coefficient (Wildman–Crippen LogP) is 2.91. The first-order valence-corrected chi connectivity index (χ1v) is 5.11. The third kappa shape index (κ3) is 3.56. The summed E-state index contributed by atoms with van der Waals surface area (Å²) in [4.78, 5) is 0. The molecule has 5 heteroatoms. The zero-order valence-electron chi connectivity index (χ0n) is 7.10. The second kappa shape index (κ2) is 5.98. The summed E-state index contributed by atoms with van der Waals surface area (Å²) in [5.74, 6) is 5.22. The van der Waals surface area contributed by atoms with Gasteiger partial charge in [-0.15, -0.1) is 12.4 Å². The van der Waals surface area contributed by atoms with Gasteiger partial charge in [-0.05, 0) is 30.2 Å². The molecule has 0 aliphatic heterocycles. The first kappa shape index (κ1) is 13.4. The van der Waals surface area contributed by atoms with E-state index in [1.165, 1.54) is 5.56 Å². The van der Waals surface area contributed by atoms with Gasteiger partial charge in [0.25, 0.3) is 0 Å². The zero-order valence-corrected chi connectivity index (χ0v) is 11.1. The van der Waals surface area contributed by atoms with Crippen LogP contribution in [0, 0.1) is 6.92 Å². The highest BCUT2D eigenvalue weighted by atomic mass is 79.9. The van der Waals surface area contributed by atoms with Crippen molar-refractivity contribution in [2.45, 2.75) is 13.5 Å². The van der Waals surface area contributed by atoms with Crippen LogP contribution in [0.4, 0.5) is 0 Å². The first-order valence-electron chi connectivity index (χ1n) is 3.53. The molecule has 0 aromatic heterocycles. The number of nitrogens with one attached hydrogen (secondary N) is 1. The summed E-state index contributed by atoms with van der Waals surface area (Å²) < 4.78 is 2.20. The highest BCUT2D eigenvalue weighted by Crippen LogP contribution is 2.26. The molecule has 0 spiro atoms. The fourth-order valence-corrected chi connectivity index (χ4v) is 2.20. The van der Waals surface area contributed by atoms with Crippen molar-refractivity contribution in [3.8, 4) is 0 Å². The van der Waals surface area contributed by atoms with Crippen LogP contribution in [0.2, 0.25) is 0 Å². The summed E-state index contributed by atoms with van der Waals surface area (Å²) in [6.45, 7) is 2.73. The monoisotopic (exact) mass is 328 g/mol. The Kier molecular flexibility index (Phi) is 6.16. The lowest BCUT2D eigenvalue weighted by Crippen LogP contribution is -2.20. The van der Waals surface area contributed by atoms with Crippen LogP contribution in [-0.2, 0) is 6.54 Å². The molecule has 0 amide bonds. The highest BCUT2D eigenvalue weighted by Gasteiger charge is 2.01. The van der Waals surface area contributed by atoms with Crippen LogP contribution in [0.5, 0.6) is 0 Å². The van der Waals surface area contributed by atoms with Crippen molar-refractivity contribution in [2.24, 2.45) is 5.84 Å². The molecule has 0 aliphatic carbocycles. The minimum atomic E-state index is 0. The molecule has 2 nitrogen and oxygen atoms in total. The fraction of sp³-hybridized carbons (Fsp3) is 0.250. The molecule has 1 aromatic rings. The van der Waals surface area contributed by atoms with Crippen molar-refractivity contribution in [1.82, 2.24) is 5.43 Å². The topological polar surface area (TPSA) is 38.0 Å². The maximum atomic E-state index is 5.22.